The molecule has 1 N–H and O–H groups in total. The molecule has 2 nitrogen and oxygen atoms in total. The van der Waals surface area contributed by atoms with Crippen LogP contribution in [0, 0.1) is 19.8 Å². The number of unbranched alkanes of at least 4 members (excludes halogenated alkanes) is 2. The Hall–Kier alpha value is -0.730. The van der Waals surface area contributed by atoms with E-state index in [1.54, 1.807) is 0 Å². The molecule has 3 heteroatoms. The molecule has 1 aromatic carbocycles. The minimum Gasteiger partial charge on any atom is -0.493 e. The van der Waals surface area contributed by atoms with Crippen molar-refractivity contribution in [3.05, 3.63) is 28.3 Å². The second kappa shape index (κ2) is 8.79. The van der Waals surface area contributed by atoms with Crippen LogP contribution in [-0.2, 0) is 0 Å². The third-order valence-electron chi connectivity index (χ3n) is 5.08. The maximum atomic E-state index is 6.11. The number of rotatable bonds is 7. The number of likely N-dealkylation sites (tertiary alicyclic amines) is 1. The van der Waals surface area contributed by atoms with Crippen molar-refractivity contribution in [3.8, 4) is 5.75 Å². The summed E-state index contributed by atoms with van der Waals surface area (Å²) in [7, 11) is 0. The van der Waals surface area contributed by atoms with Gasteiger partial charge in [-0.1, -0.05) is 18.5 Å². The van der Waals surface area contributed by atoms with Gasteiger partial charge in [0.25, 0.3) is 0 Å². The lowest BCUT2D eigenvalue weighted by atomic mass is 9.99. The van der Waals surface area contributed by atoms with Crippen molar-refractivity contribution in [1.82, 2.24) is 0 Å². The van der Waals surface area contributed by atoms with Gasteiger partial charge in [-0.25, -0.2) is 0 Å². The number of hydrogen-bond acceptors (Lipinski definition) is 1. The first-order chi connectivity index (χ1) is 10.6. The van der Waals surface area contributed by atoms with Crippen molar-refractivity contribution < 1.29 is 9.64 Å². The van der Waals surface area contributed by atoms with E-state index in [0.29, 0.717) is 0 Å². The summed E-state index contributed by atoms with van der Waals surface area (Å²) in [4.78, 5) is 1.81. The second-order valence-electron chi connectivity index (χ2n) is 6.89. The number of quaternary nitrogens is 1. The number of ether oxygens (including phenoxy) is 1. The predicted molar refractivity (Wildman–Crippen MR) is 94.2 cm³/mol. The third-order valence-corrected chi connectivity index (χ3v) is 5.49. The lowest BCUT2D eigenvalue weighted by molar-refractivity contribution is -0.906. The average molecular weight is 325 g/mol. The van der Waals surface area contributed by atoms with Gasteiger partial charge in [-0.05, 0) is 75.1 Å². The molecule has 0 spiro atoms. The molecular formula is C19H31ClNO+. The number of halogens is 1. The molecule has 1 aromatic rings. The van der Waals surface area contributed by atoms with Crippen molar-refractivity contribution in [3.63, 3.8) is 0 Å². The molecule has 0 radical (unpaired) electrons. The third kappa shape index (κ3) is 5.17. The highest BCUT2D eigenvalue weighted by atomic mass is 35.5. The fraction of sp³-hybridized carbons (Fsp3) is 0.684. The molecule has 2 rings (SSSR count). The van der Waals surface area contributed by atoms with Crippen molar-refractivity contribution in [2.45, 2.75) is 52.9 Å². The molecule has 0 saturated carbocycles. The maximum absolute atomic E-state index is 6.11. The largest absolute Gasteiger partial charge is 0.493 e. The van der Waals surface area contributed by atoms with Crippen molar-refractivity contribution >= 4 is 11.6 Å². The Morgan fingerprint density at radius 3 is 2.55 bits per heavy atom. The zero-order valence-corrected chi connectivity index (χ0v) is 15.1. The molecule has 0 atom stereocenters. The Bertz CT molecular complexity index is 467. The Morgan fingerprint density at radius 1 is 1.09 bits per heavy atom. The quantitative estimate of drug-likeness (QED) is 0.753. The lowest BCUT2D eigenvalue weighted by Gasteiger charge is -2.27. The Balaban J connectivity index is 1.59. The van der Waals surface area contributed by atoms with Gasteiger partial charge in [0, 0.05) is 5.02 Å². The smallest absolute Gasteiger partial charge is 0.122 e. The highest BCUT2D eigenvalue weighted by Crippen LogP contribution is 2.27. The fourth-order valence-electron chi connectivity index (χ4n) is 3.18. The van der Waals surface area contributed by atoms with Crippen molar-refractivity contribution in [2.75, 3.05) is 26.2 Å². The summed E-state index contributed by atoms with van der Waals surface area (Å²) >= 11 is 6.11. The topological polar surface area (TPSA) is 13.7 Å². The van der Waals surface area contributed by atoms with E-state index in [-0.39, 0.29) is 0 Å². The lowest BCUT2D eigenvalue weighted by Crippen LogP contribution is -3.13. The van der Waals surface area contributed by atoms with E-state index in [2.05, 4.69) is 13.8 Å². The summed E-state index contributed by atoms with van der Waals surface area (Å²) in [5, 5.41) is 0.823. The maximum Gasteiger partial charge on any atom is 0.122 e. The van der Waals surface area contributed by atoms with Crippen LogP contribution in [0.15, 0.2) is 12.1 Å². The van der Waals surface area contributed by atoms with E-state index in [1.807, 2.05) is 24.0 Å². The van der Waals surface area contributed by atoms with E-state index >= 15 is 0 Å². The Kier molecular flexibility index (Phi) is 7.04. The van der Waals surface area contributed by atoms with Crippen LogP contribution in [0.1, 0.15) is 50.2 Å². The summed E-state index contributed by atoms with van der Waals surface area (Å²) < 4.78 is 5.91. The molecular weight excluding hydrogens is 294 g/mol. The van der Waals surface area contributed by atoms with Crippen LogP contribution < -0.4 is 9.64 Å². The summed E-state index contributed by atoms with van der Waals surface area (Å²) in [5.74, 6) is 1.93. The van der Waals surface area contributed by atoms with Gasteiger partial charge in [0.2, 0.25) is 0 Å². The zero-order valence-electron chi connectivity index (χ0n) is 14.4. The minimum absolute atomic E-state index is 0.814. The summed E-state index contributed by atoms with van der Waals surface area (Å²) in [6.45, 7) is 11.4. The van der Waals surface area contributed by atoms with Gasteiger partial charge >= 0.3 is 0 Å². The first kappa shape index (κ1) is 17.6. The Morgan fingerprint density at radius 2 is 1.82 bits per heavy atom. The molecule has 1 aliphatic heterocycles. The molecule has 22 heavy (non-hydrogen) atoms. The Labute approximate surface area is 140 Å². The first-order valence-electron chi connectivity index (χ1n) is 8.80. The number of piperidine rings is 1. The molecule has 1 heterocycles. The molecule has 0 bridgehead atoms. The molecule has 0 aliphatic carbocycles. The van der Waals surface area contributed by atoms with E-state index in [0.717, 1.165) is 35.3 Å². The molecule has 124 valence electrons. The van der Waals surface area contributed by atoms with Gasteiger partial charge < -0.3 is 9.64 Å². The number of nitrogens with one attached hydrogen (secondary N) is 1. The molecule has 1 saturated heterocycles. The monoisotopic (exact) mass is 324 g/mol. The van der Waals surface area contributed by atoms with Gasteiger partial charge in [-0.3, -0.25) is 0 Å². The standard InChI is InChI=1S/C19H30ClNO/c1-15-9-12-21(13-10-15)11-5-4-6-14-22-19-8-7-18(20)16(2)17(19)3/h7-8,15H,4-6,9-14H2,1-3H3/p+1. The van der Waals surface area contributed by atoms with Crippen LogP contribution in [0.25, 0.3) is 0 Å². The SMILES string of the molecule is Cc1c(Cl)ccc(OCCCCC[NH+]2CCC(C)CC2)c1C. The molecule has 0 aromatic heterocycles. The normalized spacial score (nSPS) is 21.8. The molecule has 0 unspecified atom stereocenters. The summed E-state index contributed by atoms with van der Waals surface area (Å²) in [5.41, 5.74) is 2.29. The van der Waals surface area contributed by atoms with Crippen LogP contribution in [0.2, 0.25) is 5.02 Å². The second-order valence-corrected chi connectivity index (χ2v) is 7.29. The van der Waals surface area contributed by atoms with Gasteiger partial charge in [0.15, 0.2) is 0 Å². The van der Waals surface area contributed by atoms with Crippen LogP contribution >= 0.6 is 11.6 Å². The van der Waals surface area contributed by atoms with E-state index in [4.69, 9.17) is 16.3 Å². The predicted octanol–water partition coefficient (Wildman–Crippen LogP) is 3.82. The van der Waals surface area contributed by atoms with Gasteiger partial charge in [-0.2, -0.15) is 0 Å². The molecule has 0 amide bonds. The highest BCUT2D eigenvalue weighted by molar-refractivity contribution is 6.31. The zero-order chi connectivity index (χ0) is 15.9. The first-order valence-corrected chi connectivity index (χ1v) is 9.17. The van der Waals surface area contributed by atoms with Crippen LogP contribution in [0.4, 0.5) is 0 Å². The van der Waals surface area contributed by atoms with Gasteiger partial charge in [0.05, 0.1) is 26.2 Å². The minimum atomic E-state index is 0.814. The van der Waals surface area contributed by atoms with Gasteiger partial charge in [0.1, 0.15) is 5.75 Å². The number of benzene rings is 1. The van der Waals surface area contributed by atoms with E-state index in [9.17, 15) is 0 Å². The van der Waals surface area contributed by atoms with Gasteiger partial charge in [-0.15, -0.1) is 0 Å². The van der Waals surface area contributed by atoms with Crippen molar-refractivity contribution in [1.29, 1.82) is 0 Å². The van der Waals surface area contributed by atoms with E-state index in [1.165, 1.54) is 50.9 Å². The fourth-order valence-corrected chi connectivity index (χ4v) is 3.38. The summed E-state index contributed by atoms with van der Waals surface area (Å²) in [6.07, 6.45) is 6.56. The summed E-state index contributed by atoms with van der Waals surface area (Å²) in [6, 6.07) is 3.92. The number of hydrogen-bond donors (Lipinski definition) is 1. The van der Waals surface area contributed by atoms with Crippen LogP contribution in [-0.4, -0.2) is 26.2 Å². The van der Waals surface area contributed by atoms with E-state index < -0.39 is 0 Å². The molecule has 1 fully saturated rings. The van der Waals surface area contributed by atoms with Crippen molar-refractivity contribution in [2.24, 2.45) is 5.92 Å². The van der Waals surface area contributed by atoms with Crippen LogP contribution in [0.3, 0.4) is 0 Å². The average Bonchev–Trinajstić information content (AvgIpc) is 2.52. The molecule has 1 aliphatic rings. The van der Waals surface area contributed by atoms with Crippen LogP contribution in [0.5, 0.6) is 5.75 Å². The highest BCUT2D eigenvalue weighted by Gasteiger charge is 2.17.